The van der Waals surface area contributed by atoms with E-state index in [1.807, 2.05) is 0 Å². The van der Waals surface area contributed by atoms with Gasteiger partial charge in [0.15, 0.2) is 0 Å². The van der Waals surface area contributed by atoms with Crippen LogP contribution in [0.3, 0.4) is 0 Å². The molecule has 0 fully saturated rings. The Hall–Kier alpha value is -1.63. The Morgan fingerprint density at radius 3 is 2.67 bits per heavy atom. The van der Waals surface area contributed by atoms with E-state index in [-0.39, 0.29) is 6.54 Å². The van der Waals surface area contributed by atoms with E-state index in [1.54, 1.807) is 24.5 Å². The fourth-order valence-corrected chi connectivity index (χ4v) is 1.49. The maximum Gasteiger partial charge on any atom is 0.401 e. The van der Waals surface area contributed by atoms with Gasteiger partial charge in [-0.25, -0.2) is 0 Å². The number of aliphatic carboxylic acids is 1. The summed E-state index contributed by atoms with van der Waals surface area (Å²) in [4.78, 5) is 15.2. The summed E-state index contributed by atoms with van der Waals surface area (Å²) in [5, 5.41) is 8.56. The lowest BCUT2D eigenvalue weighted by atomic mass is 10.2. The number of pyridine rings is 1. The Morgan fingerprint density at radius 1 is 1.44 bits per heavy atom. The highest BCUT2D eigenvalue weighted by Crippen LogP contribution is 2.16. The first-order chi connectivity index (χ1) is 8.37. The minimum absolute atomic E-state index is 0.0253. The maximum atomic E-state index is 12.2. The Kier molecular flexibility index (Phi) is 5.08. The van der Waals surface area contributed by atoms with Gasteiger partial charge in [0.25, 0.3) is 0 Å². The van der Waals surface area contributed by atoms with Gasteiger partial charge < -0.3 is 5.11 Å². The summed E-state index contributed by atoms with van der Waals surface area (Å²) in [7, 11) is 0. The van der Waals surface area contributed by atoms with Crippen LogP contribution in [0.4, 0.5) is 13.2 Å². The van der Waals surface area contributed by atoms with Crippen LogP contribution < -0.4 is 0 Å². The van der Waals surface area contributed by atoms with E-state index in [2.05, 4.69) is 4.98 Å². The Balaban J connectivity index is 2.53. The fourth-order valence-electron chi connectivity index (χ4n) is 1.49. The minimum Gasteiger partial charge on any atom is -0.480 e. The average Bonchev–Trinajstić information content (AvgIpc) is 2.24. The number of nitrogens with zero attached hydrogens (tertiary/aromatic N) is 2. The summed E-state index contributed by atoms with van der Waals surface area (Å²) in [5.74, 6) is -1.27. The molecule has 7 heteroatoms. The van der Waals surface area contributed by atoms with Gasteiger partial charge in [-0.1, -0.05) is 6.07 Å². The van der Waals surface area contributed by atoms with Crippen LogP contribution in [0.1, 0.15) is 5.56 Å². The van der Waals surface area contributed by atoms with E-state index in [4.69, 9.17) is 5.11 Å². The molecule has 0 saturated heterocycles. The molecule has 4 nitrogen and oxygen atoms in total. The molecule has 1 heterocycles. The van der Waals surface area contributed by atoms with Crippen molar-refractivity contribution in [3.8, 4) is 0 Å². The molecular formula is C11H13F3N2O2. The summed E-state index contributed by atoms with van der Waals surface area (Å²) in [6, 6.07) is 3.42. The van der Waals surface area contributed by atoms with Crippen molar-refractivity contribution in [1.29, 1.82) is 0 Å². The first-order valence-electron chi connectivity index (χ1n) is 5.26. The Labute approximate surface area is 102 Å². The van der Waals surface area contributed by atoms with E-state index in [0.29, 0.717) is 6.42 Å². The van der Waals surface area contributed by atoms with Crippen LogP contribution in [-0.4, -0.2) is 46.8 Å². The van der Waals surface area contributed by atoms with Gasteiger partial charge in [0.05, 0.1) is 13.1 Å². The number of carbonyl (C=O) groups is 1. The minimum atomic E-state index is -4.40. The number of aromatic nitrogens is 1. The third-order valence-electron chi connectivity index (χ3n) is 2.20. The van der Waals surface area contributed by atoms with Gasteiger partial charge in [0.1, 0.15) is 0 Å². The van der Waals surface area contributed by atoms with Crippen LogP contribution in [0.25, 0.3) is 0 Å². The van der Waals surface area contributed by atoms with Crippen LogP contribution in [0.2, 0.25) is 0 Å². The lowest BCUT2D eigenvalue weighted by Crippen LogP contribution is -2.39. The van der Waals surface area contributed by atoms with Gasteiger partial charge >= 0.3 is 12.1 Å². The monoisotopic (exact) mass is 262 g/mol. The van der Waals surface area contributed by atoms with Crippen molar-refractivity contribution >= 4 is 5.97 Å². The summed E-state index contributed by atoms with van der Waals surface area (Å²) in [6.45, 7) is -1.82. The molecule has 0 amide bonds. The van der Waals surface area contributed by atoms with Gasteiger partial charge in [-0.15, -0.1) is 0 Å². The molecule has 1 aromatic rings. The first-order valence-corrected chi connectivity index (χ1v) is 5.26. The molecule has 1 N–H and O–H groups in total. The van der Waals surface area contributed by atoms with E-state index < -0.39 is 25.2 Å². The molecule has 0 saturated carbocycles. The van der Waals surface area contributed by atoms with Crippen LogP contribution >= 0.6 is 0 Å². The average molecular weight is 262 g/mol. The van der Waals surface area contributed by atoms with Crippen molar-refractivity contribution in [2.75, 3.05) is 19.6 Å². The predicted molar refractivity (Wildman–Crippen MR) is 58.1 cm³/mol. The molecule has 0 radical (unpaired) electrons. The van der Waals surface area contributed by atoms with Gasteiger partial charge in [0.2, 0.25) is 0 Å². The van der Waals surface area contributed by atoms with Crippen molar-refractivity contribution in [1.82, 2.24) is 9.88 Å². The second kappa shape index (κ2) is 6.34. The number of carboxylic acid groups (broad SMARTS) is 1. The normalized spacial score (nSPS) is 11.8. The van der Waals surface area contributed by atoms with Gasteiger partial charge in [-0.2, -0.15) is 13.2 Å². The van der Waals surface area contributed by atoms with Crippen molar-refractivity contribution in [2.24, 2.45) is 0 Å². The molecule has 0 spiro atoms. The Bertz CT molecular complexity index is 382. The van der Waals surface area contributed by atoms with Crippen LogP contribution in [0, 0.1) is 0 Å². The van der Waals surface area contributed by atoms with Crippen molar-refractivity contribution in [2.45, 2.75) is 12.6 Å². The Morgan fingerprint density at radius 2 is 2.17 bits per heavy atom. The molecule has 0 unspecified atom stereocenters. The molecule has 1 rings (SSSR count). The number of hydrogen-bond acceptors (Lipinski definition) is 3. The molecule has 0 bridgehead atoms. The number of hydrogen-bond donors (Lipinski definition) is 1. The SMILES string of the molecule is O=C(O)CN(CCc1cccnc1)CC(F)(F)F. The smallest absolute Gasteiger partial charge is 0.401 e. The third-order valence-corrected chi connectivity index (χ3v) is 2.20. The summed E-state index contributed by atoms with van der Waals surface area (Å²) in [6.07, 6.45) is -0.956. The molecule has 0 atom stereocenters. The zero-order valence-electron chi connectivity index (χ0n) is 9.52. The summed E-state index contributed by atoms with van der Waals surface area (Å²) < 4.78 is 36.7. The number of rotatable bonds is 6. The number of halogens is 3. The summed E-state index contributed by atoms with van der Waals surface area (Å²) in [5.41, 5.74) is 0.773. The van der Waals surface area contributed by atoms with Crippen LogP contribution in [-0.2, 0) is 11.2 Å². The lowest BCUT2D eigenvalue weighted by molar-refractivity contribution is -0.153. The van der Waals surface area contributed by atoms with Gasteiger partial charge in [0, 0.05) is 18.9 Å². The molecule has 0 aliphatic carbocycles. The molecule has 1 aromatic heterocycles. The quantitative estimate of drug-likeness (QED) is 0.845. The van der Waals surface area contributed by atoms with Crippen molar-refractivity contribution < 1.29 is 23.1 Å². The highest BCUT2D eigenvalue weighted by atomic mass is 19.4. The molecule has 0 aliphatic rings. The zero-order chi connectivity index (χ0) is 13.6. The standard InChI is InChI=1S/C11H13F3N2O2/c12-11(13,14)8-16(7-10(17)18)5-3-9-2-1-4-15-6-9/h1-2,4,6H,3,5,7-8H2,(H,17,18). The van der Waals surface area contributed by atoms with Crippen molar-refractivity contribution in [3.05, 3.63) is 30.1 Å². The molecule has 0 aromatic carbocycles. The second-order valence-electron chi connectivity index (χ2n) is 3.83. The second-order valence-corrected chi connectivity index (χ2v) is 3.83. The highest BCUT2D eigenvalue weighted by molar-refractivity contribution is 5.69. The van der Waals surface area contributed by atoms with E-state index in [9.17, 15) is 18.0 Å². The number of carboxylic acids is 1. The maximum absolute atomic E-state index is 12.2. The largest absolute Gasteiger partial charge is 0.480 e. The number of alkyl halides is 3. The molecule has 100 valence electrons. The zero-order valence-corrected chi connectivity index (χ0v) is 9.52. The van der Waals surface area contributed by atoms with Crippen molar-refractivity contribution in [3.63, 3.8) is 0 Å². The predicted octanol–water partition coefficient (Wildman–Crippen LogP) is 1.57. The third kappa shape index (κ3) is 6.19. The molecule has 18 heavy (non-hydrogen) atoms. The van der Waals surface area contributed by atoms with Crippen LogP contribution in [0.5, 0.6) is 0 Å². The van der Waals surface area contributed by atoms with Gasteiger partial charge in [-0.3, -0.25) is 14.7 Å². The van der Waals surface area contributed by atoms with E-state index in [0.717, 1.165) is 10.5 Å². The van der Waals surface area contributed by atoms with Gasteiger partial charge in [-0.05, 0) is 18.1 Å². The highest BCUT2D eigenvalue weighted by Gasteiger charge is 2.31. The molecule has 0 aliphatic heterocycles. The lowest BCUT2D eigenvalue weighted by Gasteiger charge is -2.21. The molecular weight excluding hydrogens is 249 g/mol. The summed E-state index contributed by atoms with van der Waals surface area (Å²) >= 11 is 0. The van der Waals surface area contributed by atoms with E-state index in [1.165, 1.54) is 0 Å². The first kappa shape index (κ1) is 14.4. The fraction of sp³-hybridized carbons (Fsp3) is 0.455. The van der Waals surface area contributed by atoms with Crippen LogP contribution in [0.15, 0.2) is 24.5 Å². The topological polar surface area (TPSA) is 53.4 Å². The van der Waals surface area contributed by atoms with E-state index >= 15 is 0 Å².